The lowest BCUT2D eigenvalue weighted by Gasteiger charge is -2.08. The smallest absolute Gasteiger partial charge is 0.273 e. The number of benzene rings is 2. The Labute approximate surface area is 130 Å². The molecule has 0 spiro atoms. The largest absolute Gasteiger partial charge is 0.508 e. The number of hydrazine groups is 1. The highest BCUT2D eigenvalue weighted by molar-refractivity contribution is 5.99. The third kappa shape index (κ3) is 3.82. The second-order valence-corrected chi connectivity index (χ2v) is 4.72. The maximum absolute atomic E-state index is 11.9. The molecule has 0 bridgehead atoms. The molecule has 8 nitrogen and oxygen atoms in total. The number of rotatable bonds is 3. The van der Waals surface area contributed by atoms with Gasteiger partial charge >= 0.3 is 0 Å². The molecule has 0 aromatic heterocycles. The van der Waals surface area contributed by atoms with E-state index in [9.17, 15) is 24.8 Å². The van der Waals surface area contributed by atoms with Crippen molar-refractivity contribution in [1.82, 2.24) is 10.9 Å². The van der Waals surface area contributed by atoms with Gasteiger partial charge in [0, 0.05) is 22.8 Å². The molecular formula is C15H13N3O5. The molecule has 0 atom stereocenters. The Bertz CT molecular complexity index is 788. The monoisotopic (exact) mass is 315 g/mol. The second-order valence-electron chi connectivity index (χ2n) is 4.72. The highest BCUT2D eigenvalue weighted by Crippen LogP contribution is 2.19. The number of nitrogens with zero attached hydrogens (tertiary/aromatic N) is 1. The summed E-state index contributed by atoms with van der Waals surface area (Å²) in [6.45, 7) is 1.56. The van der Waals surface area contributed by atoms with Crippen LogP contribution in [-0.4, -0.2) is 21.8 Å². The average molecular weight is 315 g/mol. The number of nitro groups is 1. The van der Waals surface area contributed by atoms with Crippen molar-refractivity contribution in [3.8, 4) is 5.75 Å². The summed E-state index contributed by atoms with van der Waals surface area (Å²) < 4.78 is 0. The number of nitrogens with one attached hydrogen (secondary N) is 2. The zero-order chi connectivity index (χ0) is 17.0. The molecule has 0 aliphatic carbocycles. The molecule has 0 aliphatic heterocycles. The standard InChI is InChI=1S/C15H13N3O5/c1-9-5-6-11(8-13(9)18(22)23)15(21)17-16-14(20)10-3-2-4-12(19)7-10/h2-8,19H,1H3,(H,16,20)(H,17,21). The highest BCUT2D eigenvalue weighted by Gasteiger charge is 2.15. The maximum atomic E-state index is 11.9. The number of phenols is 1. The van der Waals surface area contributed by atoms with E-state index in [-0.39, 0.29) is 22.6 Å². The minimum atomic E-state index is -0.693. The molecule has 2 rings (SSSR count). The minimum Gasteiger partial charge on any atom is -0.508 e. The first-order chi connectivity index (χ1) is 10.9. The van der Waals surface area contributed by atoms with Crippen molar-refractivity contribution in [2.75, 3.05) is 0 Å². The molecule has 23 heavy (non-hydrogen) atoms. The van der Waals surface area contributed by atoms with Crippen molar-refractivity contribution in [1.29, 1.82) is 0 Å². The zero-order valence-corrected chi connectivity index (χ0v) is 12.1. The molecule has 0 fully saturated rings. The van der Waals surface area contributed by atoms with E-state index in [1.807, 2.05) is 0 Å². The number of carbonyl (C=O) groups excluding carboxylic acids is 2. The normalized spacial score (nSPS) is 9.96. The Hall–Kier alpha value is -3.42. The van der Waals surface area contributed by atoms with Gasteiger partial charge in [-0.25, -0.2) is 0 Å². The predicted molar refractivity (Wildman–Crippen MR) is 80.9 cm³/mol. The Kier molecular flexibility index (Phi) is 4.55. The van der Waals surface area contributed by atoms with Crippen molar-refractivity contribution in [2.24, 2.45) is 0 Å². The molecular weight excluding hydrogens is 302 g/mol. The van der Waals surface area contributed by atoms with Gasteiger partial charge < -0.3 is 5.11 Å². The number of aryl methyl sites for hydroxylation is 1. The van der Waals surface area contributed by atoms with Gasteiger partial charge in [-0.15, -0.1) is 0 Å². The summed E-state index contributed by atoms with van der Waals surface area (Å²) in [6.07, 6.45) is 0. The van der Waals surface area contributed by atoms with E-state index >= 15 is 0 Å². The lowest BCUT2D eigenvalue weighted by Crippen LogP contribution is -2.41. The maximum Gasteiger partial charge on any atom is 0.273 e. The first-order valence-corrected chi connectivity index (χ1v) is 6.53. The molecule has 0 heterocycles. The van der Waals surface area contributed by atoms with Crippen LogP contribution in [0.15, 0.2) is 42.5 Å². The molecule has 2 aromatic rings. The van der Waals surface area contributed by atoms with Crippen LogP contribution in [0.25, 0.3) is 0 Å². The van der Waals surface area contributed by atoms with Gasteiger partial charge in [0.25, 0.3) is 17.5 Å². The Morgan fingerprint density at radius 1 is 1.04 bits per heavy atom. The molecule has 8 heteroatoms. The average Bonchev–Trinajstić information content (AvgIpc) is 2.52. The van der Waals surface area contributed by atoms with E-state index < -0.39 is 16.7 Å². The fourth-order valence-electron chi connectivity index (χ4n) is 1.85. The molecule has 2 amide bonds. The Morgan fingerprint density at radius 2 is 1.65 bits per heavy atom. The predicted octanol–water partition coefficient (Wildman–Crippen LogP) is 1.68. The summed E-state index contributed by atoms with van der Waals surface area (Å²) >= 11 is 0. The highest BCUT2D eigenvalue weighted by atomic mass is 16.6. The van der Waals surface area contributed by atoms with Gasteiger partial charge in [-0.3, -0.25) is 30.6 Å². The fraction of sp³-hybridized carbons (Fsp3) is 0.0667. The van der Waals surface area contributed by atoms with Gasteiger partial charge in [0.1, 0.15) is 5.75 Å². The van der Waals surface area contributed by atoms with Crippen molar-refractivity contribution in [3.05, 3.63) is 69.3 Å². The summed E-state index contributed by atoms with van der Waals surface area (Å²) in [6, 6.07) is 9.57. The Morgan fingerprint density at radius 3 is 2.22 bits per heavy atom. The SMILES string of the molecule is Cc1ccc(C(=O)NNC(=O)c2cccc(O)c2)cc1[N+](=O)[O-]. The molecule has 2 aromatic carbocycles. The van der Waals surface area contributed by atoms with Crippen molar-refractivity contribution < 1.29 is 19.6 Å². The molecule has 0 radical (unpaired) electrons. The van der Waals surface area contributed by atoms with Crippen LogP contribution in [0.5, 0.6) is 5.75 Å². The topological polar surface area (TPSA) is 122 Å². The molecule has 3 N–H and O–H groups in total. The van der Waals surface area contributed by atoms with Crippen LogP contribution >= 0.6 is 0 Å². The number of nitro benzene ring substituents is 1. The van der Waals surface area contributed by atoms with Gasteiger partial charge in [-0.05, 0) is 31.2 Å². The lowest BCUT2D eigenvalue weighted by molar-refractivity contribution is -0.385. The minimum absolute atomic E-state index is 0.0403. The summed E-state index contributed by atoms with van der Waals surface area (Å²) in [7, 11) is 0. The number of phenolic OH excluding ortho intramolecular Hbond substituents is 1. The van der Waals surface area contributed by atoms with Crippen LogP contribution in [0.1, 0.15) is 26.3 Å². The number of hydrogen-bond acceptors (Lipinski definition) is 5. The first-order valence-electron chi connectivity index (χ1n) is 6.53. The van der Waals surface area contributed by atoms with Crippen LogP contribution < -0.4 is 10.9 Å². The second kappa shape index (κ2) is 6.56. The molecule has 0 saturated heterocycles. The summed E-state index contributed by atoms with van der Waals surface area (Å²) in [5.74, 6) is -1.41. The molecule has 0 aliphatic rings. The van der Waals surface area contributed by atoms with Gasteiger partial charge in [0.05, 0.1) is 4.92 Å². The van der Waals surface area contributed by atoms with Crippen molar-refractivity contribution in [3.63, 3.8) is 0 Å². The third-order valence-corrected chi connectivity index (χ3v) is 3.07. The van der Waals surface area contributed by atoms with Gasteiger partial charge in [-0.2, -0.15) is 0 Å². The molecule has 118 valence electrons. The van der Waals surface area contributed by atoms with Crippen molar-refractivity contribution in [2.45, 2.75) is 6.92 Å². The van der Waals surface area contributed by atoms with E-state index in [2.05, 4.69) is 10.9 Å². The van der Waals surface area contributed by atoms with Crippen LogP contribution in [0.2, 0.25) is 0 Å². The summed E-state index contributed by atoms with van der Waals surface area (Å²) in [5, 5.41) is 20.2. The summed E-state index contributed by atoms with van der Waals surface area (Å²) in [4.78, 5) is 34.0. The number of aromatic hydroxyl groups is 1. The van der Waals surface area contributed by atoms with E-state index in [1.165, 1.54) is 36.4 Å². The van der Waals surface area contributed by atoms with E-state index in [1.54, 1.807) is 6.92 Å². The fourth-order valence-corrected chi connectivity index (χ4v) is 1.85. The zero-order valence-electron chi connectivity index (χ0n) is 12.1. The van der Waals surface area contributed by atoms with Crippen molar-refractivity contribution >= 4 is 17.5 Å². The van der Waals surface area contributed by atoms with Crippen LogP contribution in [-0.2, 0) is 0 Å². The number of amides is 2. The lowest BCUT2D eigenvalue weighted by atomic mass is 10.1. The third-order valence-electron chi connectivity index (χ3n) is 3.07. The van der Waals surface area contributed by atoms with Gasteiger partial charge in [0.15, 0.2) is 0 Å². The van der Waals surface area contributed by atoms with Crippen LogP contribution in [0.3, 0.4) is 0 Å². The summed E-state index contributed by atoms with van der Waals surface area (Å²) in [5.41, 5.74) is 4.76. The number of carbonyl (C=O) groups is 2. The Balaban J connectivity index is 2.06. The van der Waals surface area contributed by atoms with Crippen LogP contribution in [0.4, 0.5) is 5.69 Å². The number of hydrogen-bond donors (Lipinski definition) is 3. The molecule has 0 saturated carbocycles. The van der Waals surface area contributed by atoms with E-state index in [0.717, 1.165) is 6.07 Å². The van der Waals surface area contributed by atoms with Gasteiger partial charge in [-0.1, -0.05) is 12.1 Å². The molecule has 0 unspecified atom stereocenters. The van der Waals surface area contributed by atoms with E-state index in [4.69, 9.17) is 0 Å². The van der Waals surface area contributed by atoms with Crippen LogP contribution in [0, 0.1) is 17.0 Å². The van der Waals surface area contributed by atoms with Gasteiger partial charge in [0.2, 0.25) is 0 Å². The van der Waals surface area contributed by atoms with E-state index in [0.29, 0.717) is 5.56 Å². The first kappa shape index (κ1) is 16.0. The quantitative estimate of drug-likeness (QED) is 0.587.